The molecule has 3 heterocycles. The summed E-state index contributed by atoms with van der Waals surface area (Å²) in [6.07, 6.45) is 1.61. The standard InChI is InChI=1S/C13H18N6O2/c1-16-4-6-19(7-5-16)9-8-14-10-11(15-9)17(2)13(21)18(3)12(10)20/h8H,4-7H2,1-3H3. The maximum absolute atomic E-state index is 12.1. The average Bonchev–Trinajstić information content (AvgIpc) is 2.51. The van der Waals surface area contributed by atoms with Gasteiger partial charge in [0.05, 0.1) is 6.20 Å². The number of aromatic nitrogens is 4. The molecule has 3 rings (SSSR count). The van der Waals surface area contributed by atoms with E-state index in [0.717, 1.165) is 30.7 Å². The van der Waals surface area contributed by atoms with Crippen molar-refractivity contribution in [3.8, 4) is 0 Å². The second-order valence-corrected chi connectivity index (χ2v) is 5.40. The van der Waals surface area contributed by atoms with Crippen molar-refractivity contribution in [2.75, 3.05) is 38.1 Å². The highest BCUT2D eigenvalue weighted by Gasteiger charge is 2.18. The second-order valence-electron chi connectivity index (χ2n) is 5.40. The molecule has 0 aliphatic carbocycles. The molecule has 112 valence electrons. The number of likely N-dealkylation sites (N-methyl/N-ethyl adjacent to an activating group) is 1. The largest absolute Gasteiger partial charge is 0.353 e. The van der Waals surface area contributed by atoms with Crippen LogP contribution in [0.1, 0.15) is 0 Å². The molecule has 2 aromatic heterocycles. The molecule has 0 atom stereocenters. The number of rotatable bonds is 1. The van der Waals surface area contributed by atoms with Crippen LogP contribution in [0.25, 0.3) is 11.2 Å². The first-order valence-electron chi connectivity index (χ1n) is 6.85. The Morgan fingerprint density at radius 1 is 1.00 bits per heavy atom. The fourth-order valence-corrected chi connectivity index (χ4v) is 2.50. The monoisotopic (exact) mass is 290 g/mol. The van der Waals surface area contributed by atoms with Crippen LogP contribution in [0, 0.1) is 0 Å². The van der Waals surface area contributed by atoms with Gasteiger partial charge in [0.1, 0.15) is 5.82 Å². The van der Waals surface area contributed by atoms with Gasteiger partial charge in [-0.15, -0.1) is 0 Å². The highest BCUT2D eigenvalue weighted by molar-refractivity contribution is 5.70. The molecule has 0 amide bonds. The van der Waals surface area contributed by atoms with Gasteiger partial charge in [-0.05, 0) is 7.05 Å². The van der Waals surface area contributed by atoms with Crippen LogP contribution in [0.4, 0.5) is 5.82 Å². The van der Waals surface area contributed by atoms with Gasteiger partial charge in [0.2, 0.25) is 0 Å². The van der Waals surface area contributed by atoms with Crippen LogP contribution in [0.5, 0.6) is 0 Å². The van der Waals surface area contributed by atoms with Crippen LogP contribution in [-0.4, -0.2) is 57.2 Å². The van der Waals surface area contributed by atoms with Gasteiger partial charge in [-0.3, -0.25) is 13.9 Å². The van der Waals surface area contributed by atoms with Gasteiger partial charge in [0, 0.05) is 40.3 Å². The summed E-state index contributed by atoms with van der Waals surface area (Å²) in [4.78, 5) is 37.1. The van der Waals surface area contributed by atoms with E-state index >= 15 is 0 Å². The van der Waals surface area contributed by atoms with Gasteiger partial charge in [-0.25, -0.2) is 14.8 Å². The Labute approximate surface area is 121 Å². The van der Waals surface area contributed by atoms with Gasteiger partial charge in [0.25, 0.3) is 5.56 Å². The minimum absolute atomic E-state index is 0.220. The third kappa shape index (κ3) is 2.21. The van der Waals surface area contributed by atoms with Crippen molar-refractivity contribution in [3.05, 3.63) is 27.0 Å². The van der Waals surface area contributed by atoms with E-state index in [1.165, 1.54) is 11.6 Å². The first kappa shape index (κ1) is 13.7. The third-order valence-corrected chi connectivity index (χ3v) is 3.97. The van der Waals surface area contributed by atoms with Crippen LogP contribution in [-0.2, 0) is 14.1 Å². The quantitative estimate of drug-likeness (QED) is 0.655. The first-order valence-corrected chi connectivity index (χ1v) is 6.85. The van der Waals surface area contributed by atoms with Gasteiger partial charge in [-0.1, -0.05) is 0 Å². The lowest BCUT2D eigenvalue weighted by Crippen LogP contribution is -2.45. The summed E-state index contributed by atoms with van der Waals surface area (Å²) < 4.78 is 2.41. The van der Waals surface area contributed by atoms with E-state index in [4.69, 9.17) is 0 Å². The fourth-order valence-electron chi connectivity index (χ4n) is 2.50. The molecule has 0 aromatic carbocycles. The molecule has 0 radical (unpaired) electrons. The highest BCUT2D eigenvalue weighted by atomic mass is 16.2. The number of piperazine rings is 1. The van der Waals surface area contributed by atoms with Crippen molar-refractivity contribution in [2.24, 2.45) is 14.1 Å². The van der Waals surface area contributed by atoms with E-state index < -0.39 is 11.2 Å². The van der Waals surface area contributed by atoms with E-state index in [-0.39, 0.29) is 5.52 Å². The van der Waals surface area contributed by atoms with Crippen molar-refractivity contribution >= 4 is 17.0 Å². The van der Waals surface area contributed by atoms with Crippen LogP contribution in [0.2, 0.25) is 0 Å². The Morgan fingerprint density at radius 2 is 1.67 bits per heavy atom. The van der Waals surface area contributed by atoms with Crippen LogP contribution in [0.15, 0.2) is 15.8 Å². The molecule has 8 nitrogen and oxygen atoms in total. The van der Waals surface area contributed by atoms with Gasteiger partial charge < -0.3 is 9.80 Å². The third-order valence-electron chi connectivity index (χ3n) is 3.97. The number of hydrogen-bond donors (Lipinski definition) is 0. The first-order chi connectivity index (χ1) is 9.99. The van der Waals surface area contributed by atoms with Gasteiger partial charge in [0.15, 0.2) is 11.2 Å². The Hall–Kier alpha value is -2.22. The molecule has 1 fully saturated rings. The second kappa shape index (κ2) is 4.96. The maximum Gasteiger partial charge on any atom is 0.332 e. The summed E-state index contributed by atoms with van der Waals surface area (Å²) in [7, 11) is 5.13. The number of anilines is 1. The lowest BCUT2D eigenvalue weighted by Gasteiger charge is -2.33. The summed E-state index contributed by atoms with van der Waals surface area (Å²) in [5.74, 6) is 0.707. The Kier molecular flexibility index (Phi) is 3.25. The minimum Gasteiger partial charge on any atom is -0.353 e. The molecule has 0 spiro atoms. The SMILES string of the molecule is CN1CCN(c2cnc3c(=O)n(C)c(=O)n(C)c3n2)CC1. The summed E-state index contributed by atoms with van der Waals surface area (Å²) in [6.45, 7) is 3.62. The lowest BCUT2D eigenvalue weighted by molar-refractivity contribution is 0.312. The molecule has 1 aliphatic rings. The van der Waals surface area contributed by atoms with Crippen molar-refractivity contribution in [1.82, 2.24) is 24.0 Å². The molecular formula is C13H18N6O2. The molecule has 8 heteroatoms. The Balaban J connectivity index is 2.12. The topological polar surface area (TPSA) is 76.3 Å². The van der Waals surface area contributed by atoms with E-state index in [2.05, 4.69) is 26.8 Å². The highest BCUT2D eigenvalue weighted by Crippen LogP contribution is 2.14. The zero-order chi connectivity index (χ0) is 15.1. The van der Waals surface area contributed by atoms with E-state index in [1.807, 2.05) is 0 Å². The predicted molar refractivity (Wildman–Crippen MR) is 79.7 cm³/mol. The molecule has 0 unspecified atom stereocenters. The fraction of sp³-hybridized carbons (Fsp3) is 0.538. The van der Waals surface area contributed by atoms with Crippen LogP contribution in [0.3, 0.4) is 0 Å². The van der Waals surface area contributed by atoms with Crippen molar-refractivity contribution in [1.29, 1.82) is 0 Å². The van der Waals surface area contributed by atoms with E-state index in [1.54, 1.807) is 13.2 Å². The average molecular weight is 290 g/mol. The molecular weight excluding hydrogens is 272 g/mol. The molecule has 0 saturated carbocycles. The summed E-state index contributed by atoms with van der Waals surface area (Å²) >= 11 is 0. The minimum atomic E-state index is -0.412. The molecule has 0 bridgehead atoms. The zero-order valence-corrected chi connectivity index (χ0v) is 12.4. The lowest BCUT2D eigenvalue weighted by atomic mass is 10.3. The Bertz CT molecular complexity index is 801. The summed E-state index contributed by atoms with van der Waals surface area (Å²) in [6, 6.07) is 0. The predicted octanol–water partition coefficient (Wildman–Crippen LogP) is -1.22. The van der Waals surface area contributed by atoms with Crippen molar-refractivity contribution in [2.45, 2.75) is 0 Å². The summed E-state index contributed by atoms with van der Waals surface area (Å²) in [5, 5.41) is 0. The number of aryl methyl sites for hydroxylation is 1. The summed E-state index contributed by atoms with van der Waals surface area (Å²) in [5.41, 5.74) is -0.250. The van der Waals surface area contributed by atoms with E-state index in [0.29, 0.717) is 11.5 Å². The smallest absolute Gasteiger partial charge is 0.332 e. The van der Waals surface area contributed by atoms with Crippen LogP contribution >= 0.6 is 0 Å². The van der Waals surface area contributed by atoms with Crippen molar-refractivity contribution < 1.29 is 0 Å². The van der Waals surface area contributed by atoms with Gasteiger partial charge in [-0.2, -0.15) is 0 Å². The van der Waals surface area contributed by atoms with Crippen LogP contribution < -0.4 is 16.1 Å². The molecule has 2 aromatic rings. The molecule has 0 N–H and O–H groups in total. The molecule has 1 aliphatic heterocycles. The number of hydrogen-bond acceptors (Lipinski definition) is 6. The number of fused-ring (bicyclic) bond motifs is 1. The Morgan fingerprint density at radius 3 is 2.33 bits per heavy atom. The zero-order valence-electron chi connectivity index (χ0n) is 12.4. The molecule has 21 heavy (non-hydrogen) atoms. The van der Waals surface area contributed by atoms with E-state index in [9.17, 15) is 9.59 Å². The molecule has 1 saturated heterocycles. The normalized spacial score (nSPS) is 16.6. The number of nitrogens with zero attached hydrogens (tertiary/aromatic N) is 6. The van der Waals surface area contributed by atoms with Gasteiger partial charge >= 0.3 is 5.69 Å². The maximum atomic E-state index is 12.1. The van der Waals surface area contributed by atoms with Crippen molar-refractivity contribution in [3.63, 3.8) is 0 Å².